The van der Waals surface area contributed by atoms with E-state index in [0.717, 1.165) is 17.7 Å². The number of carbonyl (C=O) groups excluding carboxylic acids is 2. The van der Waals surface area contributed by atoms with Crippen LogP contribution in [0.2, 0.25) is 0 Å². The van der Waals surface area contributed by atoms with Crippen LogP contribution in [0.4, 0.5) is 5.69 Å². The lowest BCUT2D eigenvalue weighted by Crippen LogP contribution is -2.23. The minimum Gasteiger partial charge on any atom is -0.463 e. The Bertz CT molecular complexity index is 907. The van der Waals surface area contributed by atoms with Crippen LogP contribution in [-0.4, -0.2) is 26.9 Å². The molecule has 0 fully saturated rings. The Morgan fingerprint density at radius 1 is 1.00 bits per heavy atom. The molecule has 0 aliphatic heterocycles. The van der Waals surface area contributed by atoms with E-state index < -0.39 is 21.9 Å². The average molecular weight is 388 g/mol. The van der Waals surface area contributed by atoms with Gasteiger partial charge in [0.25, 0.3) is 0 Å². The zero-order valence-electron chi connectivity index (χ0n) is 14.7. The topological polar surface area (TPSA) is 102 Å². The van der Waals surface area contributed by atoms with E-state index >= 15 is 0 Å². The molecule has 2 aromatic rings. The van der Waals surface area contributed by atoms with E-state index in [2.05, 4.69) is 14.8 Å². The van der Waals surface area contributed by atoms with Crippen LogP contribution in [0, 0.1) is 0 Å². The first kappa shape index (κ1) is 20.3. The van der Waals surface area contributed by atoms with Crippen LogP contribution in [-0.2, 0) is 30.9 Å². The summed E-state index contributed by atoms with van der Waals surface area (Å²) in [6.07, 6.45) is 2.06. The van der Waals surface area contributed by atoms with Gasteiger partial charge in [0.05, 0.1) is 11.5 Å². The van der Waals surface area contributed by atoms with Crippen LogP contribution in [0.15, 0.2) is 71.6 Å². The summed E-state index contributed by atoms with van der Waals surface area (Å²) in [5.41, 5.74) is 1.24. The number of benzene rings is 2. The van der Waals surface area contributed by atoms with Gasteiger partial charge in [0.2, 0.25) is 15.9 Å². The normalized spacial score (nSPS) is 11.3. The fourth-order valence-electron chi connectivity index (χ4n) is 2.09. The van der Waals surface area contributed by atoms with Gasteiger partial charge in [-0.1, -0.05) is 30.3 Å². The summed E-state index contributed by atoms with van der Waals surface area (Å²) in [5, 5.41) is 2.53. The maximum absolute atomic E-state index is 12.3. The molecule has 0 aromatic heterocycles. The highest BCUT2D eigenvalue weighted by atomic mass is 32.2. The fraction of sp³-hybridized carbons (Fsp3) is 0.158. The van der Waals surface area contributed by atoms with Gasteiger partial charge >= 0.3 is 5.97 Å². The number of amides is 1. The lowest BCUT2D eigenvalue weighted by atomic mass is 10.2. The molecule has 8 heteroatoms. The van der Waals surface area contributed by atoms with Crippen molar-refractivity contribution in [1.29, 1.82) is 0 Å². The monoisotopic (exact) mass is 388 g/mol. The molecule has 0 saturated heterocycles. The first-order valence-electron chi connectivity index (χ1n) is 8.20. The van der Waals surface area contributed by atoms with Crippen LogP contribution in [0.1, 0.15) is 12.5 Å². The summed E-state index contributed by atoms with van der Waals surface area (Å²) in [6, 6.07) is 14.9. The number of rotatable bonds is 8. The van der Waals surface area contributed by atoms with Crippen molar-refractivity contribution in [2.75, 3.05) is 11.9 Å². The number of carbonyl (C=O) groups is 2. The van der Waals surface area contributed by atoms with Gasteiger partial charge in [-0.05, 0) is 36.8 Å². The average Bonchev–Trinajstić information content (AvgIpc) is 2.66. The van der Waals surface area contributed by atoms with Gasteiger partial charge in [-0.15, -0.1) is 0 Å². The van der Waals surface area contributed by atoms with Crippen molar-refractivity contribution in [2.45, 2.75) is 18.4 Å². The molecule has 27 heavy (non-hydrogen) atoms. The summed E-state index contributed by atoms with van der Waals surface area (Å²) in [6.45, 7) is 2.06. The summed E-state index contributed by atoms with van der Waals surface area (Å²) < 4.78 is 31.8. The lowest BCUT2D eigenvalue weighted by Gasteiger charge is -2.08. The fourth-order valence-corrected chi connectivity index (χ4v) is 3.11. The van der Waals surface area contributed by atoms with Gasteiger partial charge in [0.15, 0.2) is 0 Å². The molecular formula is C19H20N2O5S. The summed E-state index contributed by atoms with van der Waals surface area (Å²) in [7, 11) is -3.67. The van der Waals surface area contributed by atoms with Crippen molar-refractivity contribution in [3.63, 3.8) is 0 Å². The maximum Gasteiger partial charge on any atom is 0.330 e. The number of hydrogen-bond donors (Lipinski definition) is 2. The highest BCUT2D eigenvalue weighted by Gasteiger charge is 2.13. The predicted octanol–water partition coefficient (Wildman–Crippen LogP) is 2.22. The number of sulfonamides is 1. The Kier molecular flexibility index (Phi) is 7.27. The van der Waals surface area contributed by atoms with Crippen molar-refractivity contribution in [3.8, 4) is 0 Å². The molecule has 142 valence electrons. The molecule has 0 unspecified atom stereocenters. The van der Waals surface area contributed by atoms with Crippen molar-refractivity contribution >= 4 is 27.6 Å². The van der Waals surface area contributed by atoms with Gasteiger partial charge in [-0.3, -0.25) is 4.79 Å². The molecule has 0 aliphatic rings. The van der Waals surface area contributed by atoms with Gasteiger partial charge in [0, 0.05) is 24.4 Å². The molecule has 0 spiro atoms. The molecule has 2 N–H and O–H groups in total. The van der Waals surface area contributed by atoms with Gasteiger partial charge < -0.3 is 10.1 Å². The smallest absolute Gasteiger partial charge is 0.330 e. The van der Waals surface area contributed by atoms with E-state index in [4.69, 9.17) is 0 Å². The van der Waals surface area contributed by atoms with E-state index in [9.17, 15) is 18.0 Å². The minimum absolute atomic E-state index is 0.0819. The van der Waals surface area contributed by atoms with Crippen LogP contribution >= 0.6 is 0 Å². The van der Waals surface area contributed by atoms with Crippen LogP contribution in [0.3, 0.4) is 0 Å². The van der Waals surface area contributed by atoms with E-state index in [0.29, 0.717) is 5.69 Å². The third kappa shape index (κ3) is 6.69. The number of anilines is 1. The van der Waals surface area contributed by atoms with Crippen molar-refractivity contribution in [3.05, 3.63) is 72.3 Å². The maximum atomic E-state index is 12.3. The first-order valence-corrected chi connectivity index (χ1v) is 9.68. The molecule has 0 bridgehead atoms. The van der Waals surface area contributed by atoms with Crippen LogP contribution < -0.4 is 10.0 Å². The van der Waals surface area contributed by atoms with Crippen LogP contribution in [0.25, 0.3) is 0 Å². The minimum atomic E-state index is -3.67. The van der Waals surface area contributed by atoms with E-state index in [1.54, 1.807) is 6.92 Å². The van der Waals surface area contributed by atoms with E-state index in [-0.39, 0.29) is 18.0 Å². The van der Waals surface area contributed by atoms with Crippen molar-refractivity contribution in [2.24, 2.45) is 0 Å². The SMILES string of the molecule is CCOC(=O)C=CC(=O)Nc1ccc(S(=O)(=O)NCc2ccccc2)cc1. The third-order valence-electron chi connectivity index (χ3n) is 3.40. The second kappa shape index (κ2) is 9.65. The molecule has 2 aromatic carbocycles. The number of hydrogen-bond acceptors (Lipinski definition) is 5. The summed E-state index contributed by atoms with van der Waals surface area (Å²) >= 11 is 0. The van der Waals surface area contributed by atoms with E-state index in [1.165, 1.54) is 24.3 Å². The molecule has 0 heterocycles. The Hall–Kier alpha value is -2.97. The lowest BCUT2D eigenvalue weighted by molar-refractivity contribution is -0.137. The van der Waals surface area contributed by atoms with Gasteiger partial charge in [-0.2, -0.15) is 0 Å². The Morgan fingerprint density at radius 3 is 2.30 bits per heavy atom. The van der Waals surface area contributed by atoms with Crippen molar-refractivity contribution in [1.82, 2.24) is 4.72 Å². The van der Waals surface area contributed by atoms with E-state index in [1.807, 2.05) is 30.3 Å². The second-order valence-corrected chi connectivity index (χ2v) is 7.18. The first-order chi connectivity index (χ1) is 12.9. The Labute approximate surface area is 158 Å². The standard InChI is InChI=1S/C19H20N2O5S/c1-2-26-19(23)13-12-18(22)21-16-8-10-17(11-9-16)27(24,25)20-14-15-6-4-3-5-7-15/h3-13,20H,2,14H2,1H3,(H,21,22). The largest absolute Gasteiger partial charge is 0.463 e. The molecule has 1 amide bonds. The second-order valence-electron chi connectivity index (χ2n) is 5.41. The molecule has 0 aliphatic carbocycles. The Balaban J connectivity index is 1.95. The van der Waals surface area contributed by atoms with Gasteiger partial charge in [-0.25, -0.2) is 17.9 Å². The zero-order chi connectivity index (χ0) is 19.7. The predicted molar refractivity (Wildman–Crippen MR) is 101 cm³/mol. The highest BCUT2D eigenvalue weighted by Crippen LogP contribution is 2.14. The summed E-state index contributed by atoms with van der Waals surface area (Å²) in [5.74, 6) is -1.14. The van der Waals surface area contributed by atoms with Crippen LogP contribution in [0.5, 0.6) is 0 Å². The van der Waals surface area contributed by atoms with Gasteiger partial charge in [0.1, 0.15) is 0 Å². The van der Waals surface area contributed by atoms with Crippen molar-refractivity contribution < 1.29 is 22.7 Å². The Morgan fingerprint density at radius 2 is 1.67 bits per heavy atom. The number of esters is 1. The molecular weight excluding hydrogens is 368 g/mol. The molecule has 2 rings (SSSR count). The number of ether oxygens (including phenoxy) is 1. The quantitative estimate of drug-likeness (QED) is 0.533. The molecule has 0 atom stereocenters. The number of nitrogens with one attached hydrogen (secondary N) is 2. The summed E-state index contributed by atoms with van der Waals surface area (Å²) in [4.78, 5) is 23.0. The molecule has 0 radical (unpaired) electrons. The third-order valence-corrected chi connectivity index (χ3v) is 4.82. The molecule has 7 nitrogen and oxygen atoms in total. The highest BCUT2D eigenvalue weighted by molar-refractivity contribution is 7.89. The molecule has 0 saturated carbocycles. The zero-order valence-corrected chi connectivity index (χ0v) is 15.5.